The summed E-state index contributed by atoms with van der Waals surface area (Å²) < 4.78 is 5.19. The summed E-state index contributed by atoms with van der Waals surface area (Å²) in [5.41, 5.74) is 2.57. The normalized spacial score (nSPS) is 10.2. The average molecular weight is 333 g/mol. The van der Waals surface area contributed by atoms with Crippen molar-refractivity contribution in [3.05, 3.63) is 89.5 Å². The third-order valence-corrected chi connectivity index (χ3v) is 4.47. The van der Waals surface area contributed by atoms with Gasteiger partial charge in [-0.15, -0.1) is 0 Å². The van der Waals surface area contributed by atoms with Gasteiger partial charge in [0.2, 0.25) is 0 Å². The first-order valence-electron chi connectivity index (χ1n) is 8.31. The topological polar surface area (TPSA) is 33.0 Å². The molecule has 26 heavy (non-hydrogen) atoms. The van der Waals surface area contributed by atoms with Gasteiger partial charge in [0.1, 0.15) is 11.8 Å². The lowest BCUT2D eigenvalue weighted by molar-refractivity contribution is 0.415. The summed E-state index contributed by atoms with van der Waals surface area (Å²) in [7, 11) is 1.65. The van der Waals surface area contributed by atoms with E-state index in [1.54, 1.807) is 7.11 Å². The van der Waals surface area contributed by atoms with Crippen molar-refractivity contribution in [1.29, 1.82) is 5.26 Å². The Kier molecular flexibility index (Phi) is 4.02. The van der Waals surface area contributed by atoms with Crippen LogP contribution in [0, 0.1) is 23.2 Å². The summed E-state index contributed by atoms with van der Waals surface area (Å²) in [5, 5.41) is 13.6. The summed E-state index contributed by atoms with van der Waals surface area (Å²) in [5.74, 6) is 7.39. The van der Waals surface area contributed by atoms with Gasteiger partial charge < -0.3 is 4.74 Å². The van der Waals surface area contributed by atoms with Crippen LogP contribution in [0.2, 0.25) is 0 Å². The van der Waals surface area contributed by atoms with E-state index in [2.05, 4.69) is 17.9 Å². The third-order valence-electron chi connectivity index (χ3n) is 4.47. The average Bonchev–Trinajstić information content (AvgIpc) is 2.71. The number of fused-ring (bicyclic) bond motifs is 2. The van der Waals surface area contributed by atoms with Crippen LogP contribution in [-0.4, -0.2) is 7.11 Å². The molecule has 0 saturated heterocycles. The Hall–Kier alpha value is -3.75. The van der Waals surface area contributed by atoms with E-state index in [-0.39, 0.29) is 0 Å². The molecule has 4 rings (SSSR count). The maximum Gasteiger partial charge on any atom is 0.118 e. The SMILES string of the molecule is COc1ccc(C#Cc2c3ccccc3c(C#N)c3ccccc23)cc1. The zero-order valence-corrected chi connectivity index (χ0v) is 14.3. The van der Waals surface area contributed by atoms with Crippen LogP contribution < -0.4 is 4.74 Å². The van der Waals surface area contributed by atoms with E-state index in [4.69, 9.17) is 4.74 Å². The lowest BCUT2D eigenvalue weighted by Gasteiger charge is -2.09. The van der Waals surface area contributed by atoms with Crippen molar-refractivity contribution in [2.45, 2.75) is 0 Å². The number of hydrogen-bond acceptors (Lipinski definition) is 2. The fourth-order valence-electron chi connectivity index (χ4n) is 3.19. The number of rotatable bonds is 1. The van der Waals surface area contributed by atoms with Crippen molar-refractivity contribution in [2.24, 2.45) is 0 Å². The highest BCUT2D eigenvalue weighted by Gasteiger charge is 2.11. The van der Waals surface area contributed by atoms with E-state index in [0.29, 0.717) is 5.56 Å². The maximum absolute atomic E-state index is 9.68. The standard InChI is InChI=1S/C24H15NO/c1-26-18-13-10-17(11-14-18)12-15-23-19-6-2-4-8-21(19)24(16-25)22-9-5-3-7-20(22)23/h2-11,13-14H,1H3. The summed E-state index contributed by atoms with van der Waals surface area (Å²) >= 11 is 0. The molecule has 0 saturated carbocycles. The van der Waals surface area contributed by atoms with Crippen molar-refractivity contribution in [3.63, 3.8) is 0 Å². The summed E-state index contributed by atoms with van der Waals surface area (Å²) in [4.78, 5) is 0. The van der Waals surface area contributed by atoms with E-state index >= 15 is 0 Å². The molecule has 0 N–H and O–H groups in total. The predicted molar refractivity (Wildman–Crippen MR) is 105 cm³/mol. The molecule has 0 bridgehead atoms. The monoisotopic (exact) mass is 333 g/mol. The van der Waals surface area contributed by atoms with Crippen LogP contribution in [0.1, 0.15) is 16.7 Å². The van der Waals surface area contributed by atoms with Crippen LogP contribution in [0.3, 0.4) is 0 Å². The Morgan fingerprint density at radius 2 is 1.15 bits per heavy atom. The van der Waals surface area contributed by atoms with Crippen LogP contribution in [0.4, 0.5) is 0 Å². The summed E-state index contributed by atoms with van der Waals surface area (Å²) in [6.07, 6.45) is 0. The largest absolute Gasteiger partial charge is 0.497 e. The molecule has 0 aliphatic rings. The number of benzene rings is 4. The van der Waals surface area contributed by atoms with Gasteiger partial charge in [0.25, 0.3) is 0 Å². The minimum atomic E-state index is 0.700. The van der Waals surface area contributed by atoms with Gasteiger partial charge in [-0.25, -0.2) is 0 Å². The van der Waals surface area contributed by atoms with Crippen molar-refractivity contribution in [2.75, 3.05) is 7.11 Å². The molecule has 2 nitrogen and oxygen atoms in total. The Morgan fingerprint density at radius 1 is 0.654 bits per heavy atom. The first-order valence-corrected chi connectivity index (χ1v) is 8.31. The fourth-order valence-corrected chi connectivity index (χ4v) is 3.19. The van der Waals surface area contributed by atoms with Gasteiger partial charge >= 0.3 is 0 Å². The number of methoxy groups -OCH3 is 1. The molecular formula is C24H15NO. The number of nitrogens with zero attached hydrogens (tertiary/aromatic N) is 1. The molecule has 0 fully saturated rings. The van der Waals surface area contributed by atoms with Gasteiger partial charge in [0.15, 0.2) is 0 Å². The van der Waals surface area contributed by atoms with Crippen molar-refractivity contribution >= 4 is 21.5 Å². The van der Waals surface area contributed by atoms with E-state index in [9.17, 15) is 5.26 Å². The second kappa shape index (κ2) is 6.63. The first-order chi connectivity index (χ1) is 12.8. The number of ether oxygens (including phenoxy) is 1. The maximum atomic E-state index is 9.68. The fraction of sp³-hybridized carbons (Fsp3) is 0.0417. The minimum absolute atomic E-state index is 0.700. The Balaban J connectivity index is 2.00. The molecule has 0 amide bonds. The molecule has 4 aromatic carbocycles. The molecule has 0 heterocycles. The lowest BCUT2D eigenvalue weighted by Crippen LogP contribution is -1.90. The zero-order chi connectivity index (χ0) is 17.9. The van der Waals surface area contributed by atoms with Gasteiger partial charge in [-0.05, 0) is 35.0 Å². The molecule has 0 radical (unpaired) electrons. The number of hydrogen-bond donors (Lipinski definition) is 0. The smallest absolute Gasteiger partial charge is 0.118 e. The molecular weight excluding hydrogens is 318 g/mol. The highest BCUT2D eigenvalue weighted by atomic mass is 16.5. The van der Waals surface area contributed by atoms with Crippen LogP contribution in [-0.2, 0) is 0 Å². The van der Waals surface area contributed by atoms with Gasteiger partial charge in [0, 0.05) is 21.9 Å². The van der Waals surface area contributed by atoms with Gasteiger partial charge in [-0.2, -0.15) is 5.26 Å². The Bertz CT molecular complexity index is 1160. The molecule has 0 unspecified atom stereocenters. The predicted octanol–water partition coefficient (Wildman–Crippen LogP) is 5.27. The van der Waals surface area contributed by atoms with Crippen molar-refractivity contribution < 1.29 is 4.74 Å². The second-order valence-corrected chi connectivity index (χ2v) is 5.93. The Labute approximate surface area is 152 Å². The molecule has 0 aliphatic heterocycles. The zero-order valence-electron chi connectivity index (χ0n) is 14.3. The highest BCUT2D eigenvalue weighted by molar-refractivity contribution is 6.09. The van der Waals surface area contributed by atoms with E-state index in [1.165, 1.54) is 0 Å². The first kappa shape index (κ1) is 15.8. The molecule has 122 valence electrons. The third kappa shape index (κ3) is 2.65. The van der Waals surface area contributed by atoms with Gasteiger partial charge in [0.05, 0.1) is 12.7 Å². The van der Waals surface area contributed by atoms with Crippen molar-refractivity contribution in [3.8, 4) is 23.7 Å². The van der Waals surface area contributed by atoms with Gasteiger partial charge in [-0.3, -0.25) is 0 Å². The van der Waals surface area contributed by atoms with Gasteiger partial charge in [-0.1, -0.05) is 60.4 Å². The molecule has 0 spiro atoms. The van der Waals surface area contributed by atoms with E-state index in [0.717, 1.165) is 38.4 Å². The van der Waals surface area contributed by atoms with E-state index in [1.807, 2.05) is 72.8 Å². The van der Waals surface area contributed by atoms with Crippen molar-refractivity contribution in [1.82, 2.24) is 0 Å². The second-order valence-electron chi connectivity index (χ2n) is 5.93. The quantitative estimate of drug-likeness (QED) is 0.351. The van der Waals surface area contributed by atoms with Crippen LogP contribution in [0.25, 0.3) is 21.5 Å². The van der Waals surface area contributed by atoms with Crippen LogP contribution >= 0.6 is 0 Å². The number of nitriles is 1. The molecule has 4 aromatic rings. The molecule has 0 aromatic heterocycles. The van der Waals surface area contributed by atoms with Crippen LogP contribution in [0.5, 0.6) is 5.75 Å². The summed E-state index contributed by atoms with van der Waals surface area (Å²) in [6, 6.07) is 26.0. The summed E-state index contributed by atoms with van der Waals surface area (Å²) in [6.45, 7) is 0. The van der Waals surface area contributed by atoms with Crippen LogP contribution in [0.15, 0.2) is 72.8 Å². The minimum Gasteiger partial charge on any atom is -0.497 e. The lowest BCUT2D eigenvalue weighted by atomic mass is 9.92. The molecule has 0 atom stereocenters. The van der Waals surface area contributed by atoms with E-state index < -0.39 is 0 Å². The molecule has 0 aliphatic carbocycles. The highest BCUT2D eigenvalue weighted by Crippen LogP contribution is 2.32. The Morgan fingerprint density at radius 3 is 1.62 bits per heavy atom. The molecule has 2 heteroatoms.